The number of rotatable bonds is 88. The number of allylic oxidation sites excluding steroid dienone is 8. The molecule has 2 amide bonds. The van der Waals surface area contributed by atoms with E-state index in [-0.39, 0.29) is 19.1 Å². The van der Waals surface area contributed by atoms with Gasteiger partial charge in [0.25, 0.3) is 0 Å². The molecule has 106 heavy (non-hydrogen) atoms. The lowest BCUT2D eigenvalue weighted by molar-refractivity contribution is 0.104. The number of hydrogen-bond acceptors (Lipinski definition) is 9. The number of amides is 2. The van der Waals surface area contributed by atoms with Crippen LogP contribution in [0.5, 0.6) is 0 Å². The van der Waals surface area contributed by atoms with Gasteiger partial charge in [0.1, 0.15) is 0 Å². The van der Waals surface area contributed by atoms with E-state index in [0.717, 1.165) is 117 Å². The van der Waals surface area contributed by atoms with Crippen molar-refractivity contribution in [1.29, 1.82) is 0 Å². The largest absolute Gasteiger partial charge is 0.390 e. The van der Waals surface area contributed by atoms with Crippen LogP contribution in [0.25, 0.3) is 0 Å². The molecule has 0 aromatic rings. The minimum Gasteiger partial charge on any atom is -0.390 e. The Morgan fingerprint density at radius 2 is 0.425 bits per heavy atom. The summed E-state index contributed by atoms with van der Waals surface area (Å²) >= 11 is 0. The number of urea groups is 1. The maximum Gasteiger partial charge on any atom is 0.314 e. The van der Waals surface area contributed by atoms with Gasteiger partial charge >= 0.3 is 6.03 Å². The third kappa shape index (κ3) is 80.0. The van der Waals surface area contributed by atoms with Crippen molar-refractivity contribution in [2.45, 2.75) is 439 Å². The first-order valence-corrected chi connectivity index (χ1v) is 47.4. The third-order valence-electron chi connectivity index (χ3n) is 22.2. The number of nitrogens with two attached hydrogens (primary N) is 2. The maximum atomic E-state index is 13.4. The number of carbonyl (C=O) groups is 1. The highest BCUT2D eigenvalue weighted by Gasteiger charge is 2.18. The zero-order chi connectivity index (χ0) is 77.0. The lowest BCUT2D eigenvalue weighted by Gasteiger charge is -2.28. The van der Waals surface area contributed by atoms with Crippen molar-refractivity contribution in [3.8, 4) is 0 Å². The van der Waals surface area contributed by atoms with Crippen LogP contribution in [-0.2, 0) is 0 Å². The van der Waals surface area contributed by atoms with Crippen molar-refractivity contribution in [1.82, 2.24) is 30.2 Å². The van der Waals surface area contributed by atoms with Gasteiger partial charge in [-0.3, -0.25) is 0 Å². The number of nitrogens with one attached hydrogen (secondary N) is 2. The molecule has 11 heteroatoms. The summed E-state index contributed by atoms with van der Waals surface area (Å²) in [7, 11) is 0. The van der Waals surface area contributed by atoms with Crippen molar-refractivity contribution >= 4 is 6.03 Å². The quantitative estimate of drug-likeness (QED) is 0.0259. The van der Waals surface area contributed by atoms with Crippen LogP contribution >= 0.6 is 0 Å². The predicted molar refractivity (Wildman–Crippen MR) is 472 cm³/mol. The monoisotopic (exact) mass is 1490 g/mol. The summed E-state index contributed by atoms with van der Waals surface area (Å²) in [5, 5.41) is 29.0. The van der Waals surface area contributed by atoms with Gasteiger partial charge in [0.05, 0.1) is 12.2 Å². The normalized spacial score (nSPS) is 13.5. The molecule has 0 aliphatic rings. The number of aliphatic hydroxyl groups excluding tert-OH is 2. The number of nitrogens with zero attached hydrogens (tertiary/aromatic N) is 4. The summed E-state index contributed by atoms with van der Waals surface area (Å²) in [5.74, 6) is 0.976. The average Bonchev–Trinajstić information content (AvgIpc) is 1.07. The molecule has 0 radical (unpaired) electrons. The van der Waals surface area contributed by atoms with Gasteiger partial charge in [-0.25, -0.2) is 4.79 Å². The van der Waals surface area contributed by atoms with Gasteiger partial charge in [-0.05, 0) is 231 Å². The predicted octanol–water partition coefficient (Wildman–Crippen LogP) is 25.1. The summed E-state index contributed by atoms with van der Waals surface area (Å²) < 4.78 is 0. The van der Waals surface area contributed by atoms with Gasteiger partial charge < -0.3 is 51.9 Å². The molecular formula is C95H190N8O3. The van der Waals surface area contributed by atoms with Crippen LogP contribution in [0.15, 0.2) is 48.6 Å². The molecule has 0 heterocycles. The number of unbranched alkanes of at least 4 members (excludes halogenated alkanes) is 50. The van der Waals surface area contributed by atoms with Gasteiger partial charge in [0, 0.05) is 39.3 Å². The minimum absolute atomic E-state index is 0.188. The highest BCUT2D eigenvalue weighted by atomic mass is 16.3. The molecule has 0 spiro atoms. The van der Waals surface area contributed by atoms with Crippen LogP contribution in [0.3, 0.4) is 0 Å². The Labute approximate surface area is 663 Å². The van der Waals surface area contributed by atoms with E-state index in [1.165, 1.54) is 347 Å². The summed E-state index contributed by atoms with van der Waals surface area (Å²) in [6.45, 7) is 27.1. The molecule has 0 rings (SSSR count). The molecule has 0 saturated heterocycles. The van der Waals surface area contributed by atoms with Crippen molar-refractivity contribution in [2.24, 2.45) is 23.3 Å². The molecule has 11 nitrogen and oxygen atoms in total. The number of hydrogen-bond donors (Lipinski definition) is 6. The van der Waals surface area contributed by atoms with Gasteiger partial charge in [0.2, 0.25) is 0 Å². The Balaban J connectivity index is 5.50. The molecular weight excluding hydrogens is 1300 g/mol. The molecule has 0 aromatic carbocycles. The summed E-state index contributed by atoms with van der Waals surface area (Å²) in [6.07, 6.45) is 96.1. The second-order valence-corrected chi connectivity index (χ2v) is 33.4. The van der Waals surface area contributed by atoms with E-state index in [4.69, 9.17) is 11.5 Å². The van der Waals surface area contributed by atoms with E-state index in [9.17, 15) is 15.0 Å². The lowest BCUT2D eigenvalue weighted by atomic mass is 10.1. The fourth-order valence-electron chi connectivity index (χ4n) is 15.1. The topological polar surface area (TPSA) is 147 Å². The van der Waals surface area contributed by atoms with E-state index in [1.54, 1.807) is 0 Å². The van der Waals surface area contributed by atoms with Crippen LogP contribution in [0.2, 0.25) is 0 Å². The molecule has 0 aliphatic carbocycles. The SMILES string of the molecule is CCCCCCCC/C=C/CCCCCCCCN(CCCCN(CCCCCCCC/C=C/CCCCCCCC)CC(O)CNC(=O)NCC(O)CN(CCCCCCCC/C=C/CCCCCCCC)CCCCN(CCCCCCCC/C=C/CCCCCCCC)CC(C)CN)CC(C)CN. The Bertz CT molecular complexity index is 1710. The molecule has 0 aliphatic heterocycles. The highest BCUT2D eigenvalue weighted by Crippen LogP contribution is 2.18. The Morgan fingerprint density at radius 3 is 0.613 bits per heavy atom. The summed E-state index contributed by atoms with van der Waals surface area (Å²) in [5.41, 5.74) is 12.4. The van der Waals surface area contributed by atoms with Crippen LogP contribution in [0.4, 0.5) is 4.79 Å². The molecule has 0 aromatic heterocycles. The van der Waals surface area contributed by atoms with Gasteiger partial charge in [-0.2, -0.15) is 0 Å². The van der Waals surface area contributed by atoms with Crippen molar-refractivity contribution in [2.75, 3.05) is 105 Å². The molecule has 4 atom stereocenters. The van der Waals surface area contributed by atoms with Crippen molar-refractivity contribution in [3.05, 3.63) is 48.6 Å². The van der Waals surface area contributed by atoms with Crippen LogP contribution in [-0.4, -0.2) is 153 Å². The zero-order valence-corrected chi connectivity index (χ0v) is 72.4. The molecule has 0 fully saturated rings. The fourth-order valence-corrected chi connectivity index (χ4v) is 15.1. The minimum atomic E-state index is -0.675. The second kappa shape index (κ2) is 86.9. The Morgan fingerprint density at radius 1 is 0.264 bits per heavy atom. The summed E-state index contributed by atoms with van der Waals surface area (Å²) in [6, 6.07) is -0.320. The van der Waals surface area contributed by atoms with Gasteiger partial charge in [0.15, 0.2) is 0 Å². The standard InChI is InChI=1S/C95H190N8O3/c1-7-11-15-19-23-27-31-35-39-43-47-51-55-59-63-67-75-100(87-91(5)83-96)79-71-73-81-102(77-69-65-61-57-53-49-45-41-37-33-29-25-21-17-13-9-3)89-93(104)85-98-95(106)99-86-94(105)90-103(78-70-66-62-58-54-50-46-42-38-34-30-26-22-18-14-10-4)82-74-72-80-101(88-92(6)84-97)76-68-64-60-56-52-48-44-40-36-32-28-24-20-16-12-8-2/h35-42,91-94,104-105H,7-34,43-90,96-97H2,1-6H3,(H2,98,99,106)/b39-35+,40-36+,41-37+,42-38+. The van der Waals surface area contributed by atoms with Crippen molar-refractivity contribution in [3.63, 3.8) is 0 Å². The molecule has 8 N–H and O–H groups in total. The average molecular weight is 1490 g/mol. The third-order valence-corrected chi connectivity index (χ3v) is 22.2. The first-order valence-electron chi connectivity index (χ1n) is 47.4. The fraction of sp³-hybridized carbons (Fsp3) is 0.905. The molecule has 628 valence electrons. The van der Waals surface area contributed by atoms with Crippen LogP contribution in [0.1, 0.15) is 427 Å². The van der Waals surface area contributed by atoms with E-state index < -0.39 is 12.2 Å². The second-order valence-electron chi connectivity index (χ2n) is 33.4. The summed E-state index contributed by atoms with van der Waals surface area (Å²) in [4.78, 5) is 23.7. The van der Waals surface area contributed by atoms with E-state index in [1.807, 2.05) is 0 Å². The van der Waals surface area contributed by atoms with Crippen LogP contribution in [0, 0.1) is 11.8 Å². The molecule has 0 saturated carbocycles. The van der Waals surface area contributed by atoms with Gasteiger partial charge in [-0.1, -0.05) is 321 Å². The van der Waals surface area contributed by atoms with E-state index >= 15 is 0 Å². The van der Waals surface area contributed by atoms with E-state index in [2.05, 4.69) is 120 Å². The lowest BCUT2D eigenvalue weighted by Crippen LogP contribution is -2.47. The zero-order valence-electron chi connectivity index (χ0n) is 72.4. The van der Waals surface area contributed by atoms with Crippen molar-refractivity contribution < 1.29 is 15.0 Å². The number of carbonyl (C=O) groups excluding carboxylic acids is 1. The smallest absolute Gasteiger partial charge is 0.314 e. The van der Waals surface area contributed by atoms with Gasteiger partial charge in [-0.15, -0.1) is 0 Å². The highest BCUT2D eigenvalue weighted by molar-refractivity contribution is 5.73. The maximum absolute atomic E-state index is 13.4. The van der Waals surface area contributed by atoms with Crippen LogP contribution < -0.4 is 22.1 Å². The Hall–Kier alpha value is -2.09. The first-order chi connectivity index (χ1) is 52.1. The molecule has 0 bridgehead atoms. The number of aliphatic hydroxyl groups is 2. The Kier molecular flexibility index (Phi) is 85.2. The molecule has 4 unspecified atom stereocenters. The van der Waals surface area contributed by atoms with E-state index in [0.29, 0.717) is 24.9 Å². The first kappa shape index (κ1) is 104.